The zero-order chi connectivity index (χ0) is 14.8. The van der Waals surface area contributed by atoms with Crippen molar-refractivity contribution in [3.05, 3.63) is 40.9 Å². The van der Waals surface area contributed by atoms with E-state index in [1.54, 1.807) is 0 Å². The van der Waals surface area contributed by atoms with Gasteiger partial charge in [-0.05, 0) is 30.0 Å². The SMILES string of the molecule is Cc1csc(NC(=O)Nc2ccc(C(C)(C)C)cc2)n1. The van der Waals surface area contributed by atoms with Crippen LogP contribution in [0.1, 0.15) is 32.0 Å². The highest BCUT2D eigenvalue weighted by Gasteiger charge is 2.13. The number of carbonyl (C=O) groups is 1. The van der Waals surface area contributed by atoms with E-state index in [9.17, 15) is 4.79 Å². The van der Waals surface area contributed by atoms with E-state index in [1.807, 2.05) is 36.6 Å². The van der Waals surface area contributed by atoms with E-state index in [-0.39, 0.29) is 11.4 Å². The normalized spacial score (nSPS) is 11.2. The van der Waals surface area contributed by atoms with E-state index in [0.29, 0.717) is 5.13 Å². The first kappa shape index (κ1) is 14.5. The molecular weight excluding hydrogens is 270 g/mol. The summed E-state index contributed by atoms with van der Waals surface area (Å²) in [6.45, 7) is 8.37. The van der Waals surface area contributed by atoms with Crippen LogP contribution in [0.4, 0.5) is 15.6 Å². The standard InChI is InChI=1S/C15H19N3OS/c1-10-9-20-14(16-10)18-13(19)17-12-7-5-11(6-8-12)15(2,3)4/h5-9H,1-4H3,(H2,16,17,18,19). The van der Waals surface area contributed by atoms with Crippen molar-refractivity contribution in [2.24, 2.45) is 0 Å². The highest BCUT2D eigenvalue weighted by molar-refractivity contribution is 7.13. The van der Waals surface area contributed by atoms with Crippen molar-refractivity contribution in [3.63, 3.8) is 0 Å². The Hall–Kier alpha value is -1.88. The van der Waals surface area contributed by atoms with Gasteiger partial charge in [0.1, 0.15) is 0 Å². The molecule has 106 valence electrons. The van der Waals surface area contributed by atoms with Crippen LogP contribution in [0.2, 0.25) is 0 Å². The third-order valence-corrected chi connectivity index (χ3v) is 3.72. The van der Waals surface area contributed by atoms with E-state index in [2.05, 4.69) is 36.4 Å². The summed E-state index contributed by atoms with van der Waals surface area (Å²) in [5.41, 5.74) is 3.02. The van der Waals surface area contributed by atoms with Gasteiger partial charge in [-0.2, -0.15) is 0 Å². The summed E-state index contributed by atoms with van der Waals surface area (Å²) in [6.07, 6.45) is 0. The van der Waals surface area contributed by atoms with E-state index in [0.717, 1.165) is 11.4 Å². The summed E-state index contributed by atoms with van der Waals surface area (Å²) in [4.78, 5) is 16.0. The minimum atomic E-state index is -0.275. The molecule has 1 aromatic carbocycles. The lowest BCUT2D eigenvalue weighted by Gasteiger charge is -2.19. The highest BCUT2D eigenvalue weighted by Crippen LogP contribution is 2.23. The van der Waals surface area contributed by atoms with Crippen LogP contribution < -0.4 is 10.6 Å². The smallest absolute Gasteiger partial charge is 0.308 e. The van der Waals surface area contributed by atoms with E-state index < -0.39 is 0 Å². The summed E-state index contributed by atoms with van der Waals surface area (Å²) in [6, 6.07) is 7.61. The molecule has 5 heteroatoms. The van der Waals surface area contributed by atoms with Gasteiger partial charge in [0.05, 0.1) is 5.69 Å². The maximum Gasteiger partial charge on any atom is 0.325 e. The molecule has 0 radical (unpaired) electrons. The average molecular weight is 289 g/mol. The number of rotatable bonds is 2. The second-order valence-corrected chi connectivity index (χ2v) is 6.56. The lowest BCUT2D eigenvalue weighted by Crippen LogP contribution is -2.19. The summed E-state index contributed by atoms with van der Waals surface area (Å²) >= 11 is 1.41. The zero-order valence-corrected chi connectivity index (χ0v) is 13.0. The van der Waals surface area contributed by atoms with Crippen molar-refractivity contribution in [2.45, 2.75) is 33.1 Å². The van der Waals surface area contributed by atoms with Gasteiger partial charge in [0.2, 0.25) is 0 Å². The molecular formula is C15H19N3OS. The Morgan fingerprint density at radius 1 is 1.15 bits per heavy atom. The van der Waals surface area contributed by atoms with Gasteiger partial charge in [-0.1, -0.05) is 32.9 Å². The minimum absolute atomic E-state index is 0.110. The molecule has 0 bridgehead atoms. The van der Waals surface area contributed by atoms with E-state index in [1.165, 1.54) is 16.9 Å². The molecule has 0 spiro atoms. The number of carbonyl (C=O) groups excluding carboxylic acids is 1. The second kappa shape index (κ2) is 5.63. The molecule has 2 amide bonds. The number of hydrogen-bond acceptors (Lipinski definition) is 3. The van der Waals surface area contributed by atoms with Crippen LogP contribution in [0.3, 0.4) is 0 Å². The van der Waals surface area contributed by atoms with Crippen LogP contribution in [0, 0.1) is 6.92 Å². The summed E-state index contributed by atoms with van der Waals surface area (Å²) in [5, 5.41) is 8.01. The van der Waals surface area contributed by atoms with Crippen LogP contribution in [0.5, 0.6) is 0 Å². The number of nitrogens with one attached hydrogen (secondary N) is 2. The van der Waals surface area contributed by atoms with E-state index >= 15 is 0 Å². The summed E-state index contributed by atoms with van der Waals surface area (Å²) in [7, 11) is 0. The fourth-order valence-electron chi connectivity index (χ4n) is 1.72. The van der Waals surface area contributed by atoms with Gasteiger partial charge in [0.15, 0.2) is 5.13 Å². The highest BCUT2D eigenvalue weighted by atomic mass is 32.1. The maximum absolute atomic E-state index is 11.8. The van der Waals surface area contributed by atoms with Gasteiger partial charge in [-0.15, -0.1) is 11.3 Å². The number of nitrogens with zero attached hydrogens (tertiary/aromatic N) is 1. The third-order valence-electron chi connectivity index (χ3n) is 2.85. The number of urea groups is 1. The Morgan fingerprint density at radius 3 is 2.30 bits per heavy atom. The number of benzene rings is 1. The molecule has 2 rings (SSSR count). The first-order chi connectivity index (χ1) is 9.34. The molecule has 2 N–H and O–H groups in total. The zero-order valence-electron chi connectivity index (χ0n) is 12.2. The Kier molecular flexibility index (Phi) is 4.09. The fraction of sp³-hybridized carbons (Fsp3) is 0.333. The monoisotopic (exact) mass is 289 g/mol. The quantitative estimate of drug-likeness (QED) is 0.861. The lowest BCUT2D eigenvalue weighted by molar-refractivity contribution is 0.262. The molecule has 0 saturated carbocycles. The second-order valence-electron chi connectivity index (χ2n) is 5.70. The molecule has 0 aliphatic rings. The Balaban J connectivity index is 1.98. The fourth-order valence-corrected chi connectivity index (χ4v) is 2.41. The topological polar surface area (TPSA) is 54.0 Å². The molecule has 4 nitrogen and oxygen atoms in total. The van der Waals surface area contributed by atoms with Crippen molar-refractivity contribution in [3.8, 4) is 0 Å². The first-order valence-corrected chi connectivity index (χ1v) is 7.33. The van der Waals surface area contributed by atoms with Crippen LogP contribution in [-0.4, -0.2) is 11.0 Å². The van der Waals surface area contributed by atoms with Gasteiger partial charge in [0, 0.05) is 11.1 Å². The molecule has 0 atom stereocenters. The van der Waals surface area contributed by atoms with Gasteiger partial charge in [-0.25, -0.2) is 9.78 Å². The van der Waals surface area contributed by atoms with Crippen LogP contribution >= 0.6 is 11.3 Å². The Bertz CT molecular complexity index is 596. The molecule has 0 saturated heterocycles. The van der Waals surface area contributed by atoms with Crippen molar-refractivity contribution < 1.29 is 4.79 Å². The largest absolute Gasteiger partial charge is 0.325 e. The molecule has 2 aromatic rings. The average Bonchev–Trinajstić information content (AvgIpc) is 2.74. The maximum atomic E-state index is 11.8. The number of amides is 2. The van der Waals surface area contributed by atoms with E-state index in [4.69, 9.17) is 0 Å². The molecule has 1 aromatic heterocycles. The predicted octanol–water partition coefficient (Wildman–Crippen LogP) is 4.39. The van der Waals surface area contributed by atoms with Gasteiger partial charge < -0.3 is 5.32 Å². The van der Waals surface area contributed by atoms with Gasteiger partial charge in [0.25, 0.3) is 0 Å². The number of hydrogen-bond donors (Lipinski definition) is 2. The van der Waals surface area contributed by atoms with Crippen LogP contribution in [0.25, 0.3) is 0 Å². The predicted molar refractivity (Wildman–Crippen MR) is 84.6 cm³/mol. The Morgan fingerprint density at radius 2 is 1.80 bits per heavy atom. The van der Waals surface area contributed by atoms with Crippen molar-refractivity contribution in [2.75, 3.05) is 10.6 Å². The summed E-state index contributed by atoms with van der Waals surface area (Å²) < 4.78 is 0. The molecule has 0 fully saturated rings. The molecule has 0 aliphatic carbocycles. The van der Waals surface area contributed by atoms with Crippen LogP contribution in [-0.2, 0) is 5.41 Å². The third kappa shape index (κ3) is 3.81. The molecule has 0 aliphatic heterocycles. The minimum Gasteiger partial charge on any atom is -0.308 e. The van der Waals surface area contributed by atoms with Crippen molar-refractivity contribution in [1.29, 1.82) is 0 Å². The number of anilines is 2. The lowest BCUT2D eigenvalue weighted by atomic mass is 9.87. The number of aromatic nitrogens is 1. The molecule has 20 heavy (non-hydrogen) atoms. The summed E-state index contributed by atoms with van der Waals surface area (Å²) in [5.74, 6) is 0. The van der Waals surface area contributed by atoms with Crippen molar-refractivity contribution in [1.82, 2.24) is 4.98 Å². The van der Waals surface area contributed by atoms with Crippen LogP contribution in [0.15, 0.2) is 29.6 Å². The Labute approximate surface area is 123 Å². The van der Waals surface area contributed by atoms with Gasteiger partial charge >= 0.3 is 6.03 Å². The molecule has 1 heterocycles. The van der Waals surface area contributed by atoms with Gasteiger partial charge in [-0.3, -0.25) is 5.32 Å². The number of aryl methyl sites for hydroxylation is 1. The molecule has 0 unspecified atom stereocenters. The van der Waals surface area contributed by atoms with Crippen molar-refractivity contribution >= 4 is 28.2 Å². The first-order valence-electron chi connectivity index (χ1n) is 6.45. The number of thiazole rings is 1.